The first-order chi connectivity index (χ1) is 21.5. The van der Waals surface area contributed by atoms with Gasteiger partial charge in [-0.3, -0.25) is 19.2 Å². The Balaban J connectivity index is 1.84. The summed E-state index contributed by atoms with van der Waals surface area (Å²) in [6, 6.07) is 9.06. The summed E-state index contributed by atoms with van der Waals surface area (Å²) >= 11 is 0. The number of unbranched alkanes of at least 4 members (excludes halogenated alkanes) is 3. The Kier molecular flexibility index (Phi) is 13.3. The molecule has 2 aromatic rings. The van der Waals surface area contributed by atoms with Crippen LogP contribution in [0, 0.1) is 11.8 Å². The van der Waals surface area contributed by atoms with Crippen LogP contribution in [0.25, 0.3) is 0 Å². The van der Waals surface area contributed by atoms with Crippen LogP contribution in [0.3, 0.4) is 0 Å². The minimum atomic E-state index is -1.45. The summed E-state index contributed by atoms with van der Waals surface area (Å²) in [5, 5.41) is 2.48. The first-order valence-electron chi connectivity index (χ1n) is 15.2. The molecule has 244 valence electrons. The van der Waals surface area contributed by atoms with Gasteiger partial charge in [-0.2, -0.15) is 0 Å². The van der Waals surface area contributed by atoms with Crippen LogP contribution in [-0.4, -0.2) is 66.7 Å². The number of hydrogen-bond donors (Lipinski definition) is 1. The predicted octanol–water partition coefficient (Wildman–Crippen LogP) is 3.98. The van der Waals surface area contributed by atoms with Crippen molar-refractivity contribution in [1.29, 1.82) is 0 Å². The van der Waals surface area contributed by atoms with E-state index in [1.165, 1.54) is 26.3 Å². The molecule has 1 amide bonds. The number of carbonyl (C=O) groups is 5. The maximum atomic E-state index is 13.4. The van der Waals surface area contributed by atoms with Crippen molar-refractivity contribution in [2.24, 2.45) is 11.8 Å². The second-order valence-electron chi connectivity index (χ2n) is 11.1. The van der Waals surface area contributed by atoms with Crippen molar-refractivity contribution in [1.82, 2.24) is 10.3 Å². The number of pyridine rings is 1. The van der Waals surface area contributed by atoms with Crippen LogP contribution in [0.4, 0.5) is 0 Å². The Labute approximate surface area is 263 Å². The largest absolute Gasteiger partial charge is 0.493 e. The highest BCUT2D eigenvalue weighted by Crippen LogP contribution is 2.30. The molecule has 1 N–H and O–H groups in total. The number of carbonyl (C=O) groups excluding carboxylic acids is 5. The zero-order valence-corrected chi connectivity index (χ0v) is 26.4. The zero-order valence-electron chi connectivity index (χ0n) is 26.4. The molecule has 12 heteroatoms. The number of esters is 4. The van der Waals surface area contributed by atoms with E-state index in [0.29, 0.717) is 6.42 Å². The van der Waals surface area contributed by atoms with Gasteiger partial charge in [-0.25, -0.2) is 9.78 Å². The first-order valence-corrected chi connectivity index (χ1v) is 15.2. The lowest BCUT2D eigenvalue weighted by Crippen LogP contribution is -2.47. The molecule has 4 unspecified atom stereocenters. The van der Waals surface area contributed by atoms with Gasteiger partial charge < -0.3 is 29.0 Å². The highest BCUT2D eigenvalue weighted by molar-refractivity contribution is 5.99. The molecule has 1 saturated heterocycles. The smallest absolute Gasteiger partial charge is 0.332 e. The lowest BCUT2D eigenvalue weighted by Gasteiger charge is -2.29. The molecule has 2 heterocycles. The standard InChI is InChI=1S/C33H42N2O10/c1-6-7-8-12-15-26(36)44-29-25(41-5)16-17-34-27(29)30(37)35-24-19-42-32(39)23(18-22-13-10-9-11-14-22)28(21(4)43-33(24)40)45-31(38)20(2)3/h9-11,13-14,16-17,20-21,23-24,28H,6-8,12,15,18-19H2,1-5H3,(H,35,37). The van der Waals surface area contributed by atoms with E-state index in [1.54, 1.807) is 13.8 Å². The lowest BCUT2D eigenvalue weighted by molar-refractivity contribution is -0.176. The number of methoxy groups -OCH3 is 1. The summed E-state index contributed by atoms with van der Waals surface area (Å²) in [7, 11) is 1.35. The van der Waals surface area contributed by atoms with Crippen molar-refractivity contribution in [3.8, 4) is 11.5 Å². The topological polar surface area (TPSA) is 156 Å². The zero-order chi connectivity index (χ0) is 32.9. The third-order valence-corrected chi connectivity index (χ3v) is 7.22. The van der Waals surface area contributed by atoms with Gasteiger partial charge in [0.15, 0.2) is 23.6 Å². The number of nitrogens with one attached hydrogen (secondary N) is 1. The number of ether oxygens (including phenoxy) is 5. The number of hydrogen-bond acceptors (Lipinski definition) is 11. The number of nitrogens with zero attached hydrogens (tertiary/aromatic N) is 1. The number of aromatic nitrogens is 1. The summed E-state index contributed by atoms with van der Waals surface area (Å²) in [4.78, 5) is 69.4. The predicted molar refractivity (Wildman–Crippen MR) is 161 cm³/mol. The van der Waals surface area contributed by atoms with E-state index in [2.05, 4.69) is 17.2 Å². The quantitative estimate of drug-likeness (QED) is 0.195. The van der Waals surface area contributed by atoms with Gasteiger partial charge in [-0.05, 0) is 25.3 Å². The molecule has 1 aliphatic heterocycles. The van der Waals surface area contributed by atoms with Gasteiger partial charge in [0.25, 0.3) is 5.91 Å². The average Bonchev–Trinajstić information content (AvgIpc) is 3.05. The van der Waals surface area contributed by atoms with E-state index in [0.717, 1.165) is 24.8 Å². The van der Waals surface area contributed by atoms with Gasteiger partial charge in [-0.1, -0.05) is 70.4 Å². The Morgan fingerprint density at radius 1 is 1.04 bits per heavy atom. The molecule has 1 aliphatic rings. The van der Waals surface area contributed by atoms with E-state index in [9.17, 15) is 24.0 Å². The molecular weight excluding hydrogens is 584 g/mol. The highest BCUT2D eigenvalue weighted by atomic mass is 16.6. The Hall–Kier alpha value is -4.48. The van der Waals surface area contributed by atoms with Gasteiger partial charge in [0.2, 0.25) is 5.75 Å². The van der Waals surface area contributed by atoms with Crippen molar-refractivity contribution in [2.75, 3.05) is 13.7 Å². The van der Waals surface area contributed by atoms with Crippen LogP contribution in [0.1, 0.15) is 75.9 Å². The molecule has 0 radical (unpaired) electrons. The molecule has 3 rings (SSSR count). The maximum absolute atomic E-state index is 13.4. The van der Waals surface area contributed by atoms with E-state index >= 15 is 0 Å². The molecule has 45 heavy (non-hydrogen) atoms. The number of rotatable bonds is 13. The minimum Gasteiger partial charge on any atom is -0.493 e. The van der Waals surface area contributed by atoms with Gasteiger partial charge in [-0.15, -0.1) is 0 Å². The highest BCUT2D eigenvalue weighted by Gasteiger charge is 2.42. The van der Waals surface area contributed by atoms with Crippen molar-refractivity contribution in [3.05, 3.63) is 53.9 Å². The average molecular weight is 627 g/mol. The molecule has 4 atom stereocenters. The fourth-order valence-corrected chi connectivity index (χ4v) is 4.69. The molecule has 1 aromatic carbocycles. The van der Waals surface area contributed by atoms with Crippen molar-refractivity contribution in [3.63, 3.8) is 0 Å². The molecule has 1 aromatic heterocycles. The van der Waals surface area contributed by atoms with E-state index in [1.807, 2.05) is 30.3 Å². The summed E-state index contributed by atoms with van der Waals surface area (Å²) in [5.74, 6) is -5.31. The third-order valence-electron chi connectivity index (χ3n) is 7.22. The number of cyclic esters (lactones) is 2. The summed E-state index contributed by atoms with van der Waals surface area (Å²) in [5.41, 5.74) is 0.471. The summed E-state index contributed by atoms with van der Waals surface area (Å²) < 4.78 is 27.6. The van der Waals surface area contributed by atoms with Gasteiger partial charge in [0.05, 0.1) is 13.0 Å². The first kappa shape index (κ1) is 35.0. The van der Waals surface area contributed by atoms with Crippen LogP contribution in [0.5, 0.6) is 11.5 Å². The molecule has 1 fully saturated rings. The number of amides is 1. The summed E-state index contributed by atoms with van der Waals surface area (Å²) in [6.45, 7) is 6.29. The molecule has 0 saturated carbocycles. The molecule has 0 spiro atoms. The normalized spacial score (nSPS) is 20.1. The van der Waals surface area contributed by atoms with Gasteiger partial charge >= 0.3 is 23.9 Å². The monoisotopic (exact) mass is 626 g/mol. The molecule has 0 aliphatic carbocycles. The third kappa shape index (κ3) is 10.0. The Morgan fingerprint density at radius 3 is 2.44 bits per heavy atom. The van der Waals surface area contributed by atoms with Crippen LogP contribution < -0.4 is 14.8 Å². The number of benzene rings is 1. The second kappa shape index (κ2) is 17.1. The molecular formula is C33H42N2O10. The second-order valence-corrected chi connectivity index (χ2v) is 11.1. The van der Waals surface area contributed by atoms with Crippen LogP contribution >= 0.6 is 0 Å². The fraction of sp³-hybridized carbons (Fsp3) is 0.515. The lowest BCUT2D eigenvalue weighted by atomic mass is 9.91. The Morgan fingerprint density at radius 2 is 1.78 bits per heavy atom. The van der Waals surface area contributed by atoms with Crippen molar-refractivity contribution in [2.45, 2.75) is 84.5 Å². The van der Waals surface area contributed by atoms with E-state index in [4.69, 9.17) is 23.7 Å². The Bertz CT molecular complexity index is 1330. The van der Waals surface area contributed by atoms with E-state index < -0.39 is 66.5 Å². The van der Waals surface area contributed by atoms with Crippen LogP contribution in [-0.2, 0) is 39.8 Å². The van der Waals surface area contributed by atoms with Crippen LogP contribution in [0.2, 0.25) is 0 Å². The van der Waals surface area contributed by atoms with Crippen molar-refractivity contribution >= 4 is 29.8 Å². The maximum Gasteiger partial charge on any atom is 0.332 e. The SMILES string of the molecule is CCCCCCC(=O)Oc1c(OC)ccnc1C(=O)NC1COC(=O)C(Cc2ccccc2)C(OC(=O)C(C)C)C(C)OC1=O. The van der Waals surface area contributed by atoms with E-state index in [-0.39, 0.29) is 30.0 Å². The minimum absolute atomic E-state index is 0.0905. The summed E-state index contributed by atoms with van der Waals surface area (Å²) in [6.07, 6.45) is 2.80. The fourth-order valence-electron chi connectivity index (χ4n) is 4.69. The molecule has 0 bridgehead atoms. The van der Waals surface area contributed by atoms with Crippen molar-refractivity contribution < 1.29 is 47.7 Å². The van der Waals surface area contributed by atoms with Gasteiger partial charge in [0, 0.05) is 18.7 Å². The van der Waals surface area contributed by atoms with Gasteiger partial charge in [0.1, 0.15) is 18.6 Å². The molecule has 12 nitrogen and oxygen atoms in total. The van der Waals surface area contributed by atoms with Crippen LogP contribution in [0.15, 0.2) is 42.6 Å².